The van der Waals surface area contributed by atoms with Gasteiger partial charge in [0, 0.05) is 12.0 Å². The zero-order chi connectivity index (χ0) is 25.4. The van der Waals surface area contributed by atoms with Gasteiger partial charge in [0.25, 0.3) is 11.8 Å². The molecule has 0 aromatic heterocycles. The number of carbonyl (C=O) groups is 3. The van der Waals surface area contributed by atoms with E-state index in [0.29, 0.717) is 17.2 Å². The number of ether oxygens (including phenoxy) is 1. The Hall–Kier alpha value is -3.85. The molecule has 35 heavy (non-hydrogen) atoms. The van der Waals surface area contributed by atoms with Crippen molar-refractivity contribution in [2.75, 3.05) is 11.9 Å². The van der Waals surface area contributed by atoms with Crippen LogP contribution in [0.5, 0.6) is 0 Å². The summed E-state index contributed by atoms with van der Waals surface area (Å²) in [6.07, 6.45) is -6.09. The van der Waals surface area contributed by atoms with Crippen molar-refractivity contribution in [1.29, 1.82) is 0 Å². The van der Waals surface area contributed by atoms with E-state index in [-0.39, 0.29) is 17.1 Å². The van der Waals surface area contributed by atoms with Crippen LogP contribution in [0.2, 0.25) is 5.02 Å². The predicted molar refractivity (Wildman–Crippen MR) is 124 cm³/mol. The summed E-state index contributed by atoms with van der Waals surface area (Å²) in [5.74, 6) is -2.29. The molecule has 0 radical (unpaired) electrons. The molecule has 1 atom stereocenters. The summed E-state index contributed by atoms with van der Waals surface area (Å²) in [6.45, 7) is -0.517. The van der Waals surface area contributed by atoms with E-state index in [9.17, 15) is 27.6 Å². The zero-order valence-corrected chi connectivity index (χ0v) is 18.9. The Morgan fingerprint density at radius 1 is 0.914 bits per heavy atom. The predicted octanol–water partition coefficient (Wildman–Crippen LogP) is 4.88. The summed E-state index contributed by atoms with van der Waals surface area (Å²) < 4.78 is 44.5. The number of nitrogens with one attached hydrogen (secondary N) is 2. The van der Waals surface area contributed by atoms with E-state index in [2.05, 4.69) is 10.6 Å². The molecule has 2 amide bonds. The van der Waals surface area contributed by atoms with Gasteiger partial charge in [0.05, 0.1) is 16.3 Å². The van der Waals surface area contributed by atoms with Crippen LogP contribution in [0.3, 0.4) is 0 Å². The van der Waals surface area contributed by atoms with Gasteiger partial charge in [-0.3, -0.25) is 14.4 Å². The van der Waals surface area contributed by atoms with Gasteiger partial charge in [0.2, 0.25) is 0 Å². The highest BCUT2D eigenvalue weighted by Gasteiger charge is 2.32. The van der Waals surface area contributed by atoms with Crippen LogP contribution in [0.15, 0.2) is 78.9 Å². The van der Waals surface area contributed by atoms with E-state index in [1.54, 1.807) is 60.7 Å². The molecular weight excluding hydrogens is 485 g/mol. The Labute approximate surface area is 204 Å². The highest BCUT2D eigenvalue weighted by molar-refractivity contribution is 6.33. The minimum Gasteiger partial charge on any atom is -0.451 e. The molecule has 0 aliphatic rings. The summed E-state index contributed by atoms with van der Waals surface area (Å²) in [7, 11) is 0. The summed E-state index contributed by atoms with van der Waals surface area (Å²) in [5.41, 5.74) is -0.308. The van der Waals surface area contributed by atoms with E-state index in [0.717, 1.165) is 12.1 Å². The maximum absolute atomic E-state index is 13.1. The largest absolute Gasteiger partial charge is 0.451 e. The highest BCUT2D eigenvalue weighted by Crippen LogP contribution is 2.34. The van der Waals surface area contributed by atoms with Crippen LogP contribution in [0.1, 0.15) is 21.5 Å². The fourth-order valence-electron chi connectivity index (χ4n) is 3.07. The second-order valence-electron chi connectivity index (χ2n) is 7.40. The van der Waals surface area contributed by atoms with Crippen LogP contribution in [0.4, 0.5) is 18.9 Å². The lowest BCUT2D eigenvalue weighted by atomic mass is 10.1. The summed E-state index contributed by atoms with van der Waals surface area (Å²) in [6, 6.07) is 19.3. The van der Waals surface area contributed by atoms with Crippen molar-refractivity contribution in [3.8, 4) is 0 Å². The molecule has 10 heteroatoms. The number of benzene rings is 3. The SMILES string of the molecule is O=C(CNC(=O)c1ccccc1)OC(Cc1ccccc1)C(=O)Nc1cc(C(F)(F)F)ccc1Cl. The second kappa shape index (κ2) is 11.5. The first kappa shape index (κ1) is 25.8. The van der Waals surface area contributed by atoms with E-state index in [1.807, 2.05) is 0 Å². The number of rotatable bonds is 8. The molecule has 0 fully saturated rings. The third-order valence-electron chi connectivity index (χ3n) is 4.81. The van der Waals surface area contributed by atoms with Crippen LogP contribution in [-0.4, -0.2) is 30.4 Å². The number of hydrogen-bond acceptors (Lipinski definition) is 4. The molecule has 3 aromatic carbocycles. The first-order valence-corrected chi connectivity index (χ1v) is 10.8. The molecule has 0 saturated carbocycles. The highest BCUT2D eigenvalue weighted by atomic mass is 35.5. The minimum atomic E-state index is -4.64. The van der Waals surface area contributed by atoms with Crippen LogP contribution in [0.25, 0.3) is 0 Å². The van der Waals surface area contributed by atoms with Gasteiger partial charge in [-0.2, -0.15) is 13.2 Å². The van der Waals surface area contributed by atoms with Crippen LogP contribution in [0, 0.1) is 0 Å². The third-order valence-corrected chi connectivity index (χ3v) is 5.14. The summed E-state index contributed by atoms with van der Waals surface area (Å²) >= 11 is 5.97. The second-order valence-corrected chi connectivity index (χ2v) is 7.81. The first-order valence-electron chi connectivity index (χ1n) is 10.4. The number of esters is 1. The smallest absolute Gasteiger partial charge is 0.416 e. The molecule has 0 spiro atoms. The number of anilines is 1. The Balaban J connectivity index is 1.72. The standard InChI is InChI=1S/C25H20ClF3N2O4/c26-19-12-11-18(25(27,28)29)14-20(19)31-24(34)21(13-16-7-3-1-4-8-16)35-22(32)15-30-23(33)17-9-5-2-6-10-17/h1-12,14,21H,13,15H2,(H,30,33)(H,31,34). The monoisotopic (exact) mass is 504 g/mol. The third kappa shape index (κ3) is 7.58. The van der Waals surface area contributed by atoms with Gasteiger partial charge in [0.1, 0.15) is 6.54 Å². The number of hydrogen-bond donors (Lipinski definition) is 2. The molecule has 6 nitrogen and oxygen atoms in total. The van der Waals surface area contributed by atoms with E-state index < -0.39 is 42.2 Å². The topological polar surface area (TPSA) is 84.5 Å². The average Bonchev–Trinajstić information content (AvgIpc) is 2.84. The fraction of sp³-hybridized carbons (Fsp3) is 0.160. The Kier molecular flexibility index (Phi) is 8.48. The molecule has 2 N–H and O–H groups in total. The van der Waals surface area contributed by atoms with Crippen molar-refractivity contribution in [3.05, 3.63) is 101 Å². The summed E-state index contributed by atoms with van der Waals surface area (Å²) in [5, 5.41) is 4.58. The number of halogens is 4. The molecule has 1 unspecified atom stereocenters. The van der Waals surface area contributed by atoms with Gasteiger partial charge in [-0.05, 0) is 35.9 Å². The van der Waals surface area contributed by atoms with E-state index in [1.165, 1.54) is 0 Å². The van der Waals surface area contributed by atoms with Gasteiger partial charge < -0.3 is 15.4 Å². The van der Waals surface area contributed by atoms with Gasteiger partial charge >= 0.3 is 12.1 Å². The molecule has 0 bridgehead atoms. The zero-order valence-electron chi connectivity index (χ0n) is 18.1. The molecule has 0 heterocycles. The van der Waals surface area contributed by atoms with Crippen molar-refractivity contribution in [1.82, 2.24) is 5.32 Å². The molecule has 182 valence electrons. The fourth-order valence-corrected chi connectivity index (χ4v) is 3.24. The summed E-state index contributed by atoms with van der Waals surface area (Å²) in [4.78, 5) is 37.5. The maximum Gasteiger partial charge on any atom is 0.416 e. The normalized spacial score (nSPS) is 11.9. The molecule has 0 saturated heterocycles. The quantitative estimate of drug-likeness (QED) is 0.428. The van der Waals surface area contributed by atoms with Crippen molar-refractivity contribution in [3.63, 3.8) is 0 Å². The van der Waals surface area contributed by atoms with Crippen molar-refractivity contribution >= 4 is 35.1 Å². The van der Waals surface area contributed by atoms with E-state index in [4.69, 9.17) is 16.3 Å². The minimum absolute atomic E-state index is 0.0539. The number of amides is 2. The number of alkyl halides is 3. The molecule has 3 rings (SSSR count). The molecular formula is C25H20ClF3N2O4. The lowest BCUT2D eigenvalue weighted by Crippen LogP contribution is -2.38. The average molecular weight is 505 g/mol. The van der Waals surface area contributed by atoms with Gasteiger partial charge in [-0.1, -0.05) is 60.1 Å². The van der Waals surface area contributed by atoms with Crippen molar-refractivity contribution < 1.29 is 32.3 Å². The van der Waals surface area contributed by atoms with Gasteiger partial charge in [-0.15, -0.1) is 0 Å². The van der Waals surface area contributed by atoms with Gasteiger partial charge in [-0.25, -0.2) is 0 Å². The van der Waals surface area contributed by atoms with Crippen molar-refractivity contribution in [2.24, 2.45) is 0 Å². The Morgan fingerprint density at radius 3 is 2.17 bits per heavy atom. The Bertz CT molecular complexity index is 1190. The first-order chi connectivity index (χ1) is 16.6. The molecule has 3 aromatic rings. The number of carbonyl (C=O) groups excluding carboxylic acids is 3. The van der Waals surface area contributed by atoms with Gasteiger partial charge in [0.15, 0.2) is 6.10 Å². The van der Waals surface area contributed by atoms with Crippen LogP contribution >= 0.6 is 11.6 Å². The lowest BCUT2D eigenvalue weighted by molar-refractivity contribution is -0.153. The Morgan fingerprint density at radius 2 is 1.54 bits per heavy atom. The molecule has 0 aliphatic carbocycles. The molecule has 0 aliphatic heterocycles. The van der Waals surface area contributed by atoms with Crippen LogP contribution in [-0.2, 0) is 26.9 Å². The lowest BCUT2D eigenvalue weighted by Gasteiger charge is -2.19. The van der Waals surface area contributed by atoms with Crippen LogP contribution < -0.4 is 10.6 Å². The maximum atomic E-state index is 13.1. The van der Waals surface area contributed by atoms with E-state index >= 15 is 0 Å². The van der Waals surface area contributed by atoms with Crippen molar-refractivity contribution in [2.45, 2.75) is 18.7 Å².